The maximum absolute atomic E-state index is 10.9. The van der Waals surface area contributed by atoms with Crippen molar-refractivity contribution in [2.45, 2.75) is 0 Å². The van der Waals surface area contributed by atoms with Gasteiger partial charge in [0.05, 0.1) is 0 Å². The Balaban J connectivity index is 3.01. The van der Waals surface area contributed by atoms with Crippen LogP contribution in [0.1, 0.15) is 0 Å². The second-order valence-corrected chi connectivity index (χ2v) is 6.32. The molecular formula is C8H12AsNO3. The number of hydrogen-bond acceptors (Lipinski definition) is 2. The van der Waals surface area contributed by atoms with E-state index in [1.54, 1.807) is 12.1 Å². The van der Waals surface area contributed by atoms with Gasteiger partial charge in [0.25, 0.3) is 0 Å². The number of rotatable bonds is 2. The standard InChI is InChI=1S/C8H12AsNO3/c1-10(2)8-5-3-7(4-6-8)9(11,12)13/h3-6H,1-2H3,(H2,11,12,13). The number of benzene rings is 1. The first kappa shape index (κ1) is 10.4. The Bertz CT molecular complexity index is 328. The van der Waals surface area contributed by atoms with Crippen LogP contribution in [0.4, 0.5) is 5.69 Å². The predicted molar refractivity (Wildman–Crippen MR) is 51.3 cm³/mol. The Kier molecular flexibility index (Phi) is 2.86. The van der Waals surface area contributed by atoms with Crippen LogP contribution in [0.25, 0.3) is 0 Å². The van der Waals surface area contributed by atoms with E-state index in [1.165, 1.54) is 12.1 Å². The topological polar surface area (TPSA) is 60.8 Å². The Morgan fingerprint density at radius 3 is 1.92 bits per heavy atom. The average Bonchev–Trinajstić information content (AvgIpc) is 2.03. The van der Waals surface area contributed by atoms with Gasteiger partial charge in [-0.05, 0) is 0 Å². The molecule has 0 saturated carbocycles. The summed E-state index contributed by atoms with van der Waals surface area (Å²) in [5, 5.41) is 0. The molecule has 0 aliphatic heterocycles. The van der Waals surface area contributed by atoms with Crippen LogP contribution < -0.4 is 9.25 Å². The molecule has 0 heterocycles. The van der Waals surface area contributed by atoms with Crippen LogP contribution in [0, 0.1) is 0 Å². The van der Waals surface area contributed by atoms with E-state index in [4.69, 9.17) is 8.19 Å². The molecule has 0 spiro atoms. The van der Waals surface area contributed by atoms with Crippen molar-refractivity contribution in [2.24, 2.45) is 0 Å². The second kappa shape index (κ2) is 3.58. The van der Waals surface area contributed by atoms with Gasteiger partial charge in [-0.25, -0.2) is 0 Å². The first-order chi connectivity index (χ1) is 5.91. The summed E-state index contributed by atoms with van der Waals surface area (Å²) >= 11 is -4.68. The fraction of sp³-hybridized carbons (Fsp3) is 0.250. The minimum absolute atomic E-state index is 0.115. The van der Waals surface area contributed by atoms with Crippen LogP contribution in [-0.4, -0.2) is 36.5 Å². The molecule has 0 saturated heterocycles. The van der Waals surface area contributed by atoms with E-state index in [0.29, 0.717) is 0 Å². The van der Waals surface area contributed by atoms with E-state index in [0.717, 1.165) is 5.69 Å². The van der Waals surface area contributed by atoms with Gasteiger partial charge in [-0.1, -0.05) is 0 Å². The Labute approximate surface area is 79.8 Å². The maximum atomic E-state index is 10.9. The molecular weight excluding hydrogens is 233 g/mol. The summed E-state index contributed by atoms with van der Waals surface area (Å²) in [4.78, 5) is 1.87. The summed E-state index contributed by atoms with van der Waals surface area (Å²) in [6.45, 7) is 0. The average molecular weight is 245 g/mol. The third-order valence-corrected chi connectivity index (χ3v) is 3.74. The minimum atomic E-state index is -4.68. The van der Waals surface area contributed by atoms with Crippen molar-refractivity contribution in [2.75, 3.05) is 19.0 Å². The van der Waals surface area contributed by atoms with Crippen LogP contribution in [0.5, 0.6) is 0 Å². The fourth-order valence-electron chi connectivity index (χ4n) is 0.945. The number of nitrogens with zero attached hydrogens (tertiary/aromatic N) is 1. The Morgan fingerprint density at radius 2 is 1.62 bits per heavy atom. The SMILES string of the molecule is CN(C)c1ccc([As](=O)(O)O)cc1. The van der Waals surface area contributed by atoms with Gasteiger partial charge in [-0.2, -0.15) is 0 Å². The summed E-state index contributed by atoms with van der Waals surface area (Å²) in [5.74, 6) is 0. The quantitative estimate of drug-likeness (QED) is 0.677. The van der Waals surface area contributed by atoms with Crippen LogP contribution in [0.2, 0.25) is 0 Å². The number of hydrogen-bond donors (Lipinski definition) is 2. The van der Waals surface area contributed by atoms with Gasteiger partial charge in [0, 0.05) is 0 Å². The zero-order valence-corrected chi connectivity index (χ0v) is 9.38. The molecule has 5 heteroatoms. The van der Waals surface area contributed by atoms with E-state index >= 15 is 0 Å². The molecule has 0 aromatic heterocycles. The molecule has 0 atom stereocenters. The third kappa shape index (κ3) is 2.62. The van der Waals surface area contributed by atoms with Crippen molar-refractivity contribution in [1.29, 1.82) is 0 Å². The molecule has 1 rings (SSSR count). The van der Waals surface area contributed by atoms with Crippen molar-refractivity contribution in [3.8, 4) is 0 Å². The summed E-state index contributed by atoms with van der Waals surface area (Å²) in [7, 11) is 3.75. The molecule has 0 amide bonds. The van der Waals surface area contributed by atoms with Gasteiger partial charge in [0.15, 0.2) is 0 Å². The zero-order valence-electron chi connectivity index (χ0n) is 7.51. The van der Waals surface area contributed by atoms with Crippen molar-refractivity contribution in [1.82, 2.24) is 0 Å². The summed E-state index contributed by atoms with van der Waals surface area (Å²) < 4.78 is 28.7. The van der Waals surface area contributed by atoms with Gasteiger partial charge in [0.1, 0.15) is 0 Å². The molecule has 0 unspecified atom stereocenters. The van der Waals surface area contributed by atoms with Crippen molar-refractivity contribution in [3.63, 3.8) is 0 Å². The Morgan fingerprint density at radius 1 is 1.15 bits per heavy atom. The Hall–Kier alpha value is -0.702. The zero-order chi connectivity index (χ0) is 10.1. The van der Waals surface area contributed by atoms with Crippen LogP contribution in [-0.2, 0) is 3.74 Å². The second-order valence-electron chi connectivity index (χ2n) is 2.95. The molecule has 72 valence electrons. The van der Waals surface area contributed by atoms with Gasteiger partial charge in [-0.15, -0.1) is 0 Å². The molecule has 4 nitrogen and oxygen atoms in total. The molecule has 0 aliphatic rings. The molecule has 0 bridgehead atoms. The summed E-state index contributed by atoms with van der Waals surface area (Å²) in [6, 6.07) is 6.32. The third-order valence-electron chi connectivity index (χ3n) is 1.70. The van der Waals surface area contributed by atoms with E-state index in [-0.39, 0.29) is 4.35 Å². The summed E-state index contributed by atoms with van der Waals surface area (Å²) in [5.41, 5.74) is 0.924. The van der Waals surface area contributed by atoms with E-state index in [2.05, 4.69) is 0 Å². The fourth-order valence-corrected chi connectivity index (χ4v) is 2.07. The van der Waals surface area contributed by atoms with Gasteiger partial charge >= 0.3 is 79.4 Å². The summed E-state index contributed by atoms with van der Waals surface area (Å²) in [6.07, 6.45) is 0. The van der Waals surface area contributed by atoms with Crippen molar-refractivity contribution < 1.29 is 11.9 Å². The monoisotopic (exact) mass is 245 g/mol. The van der Waals surface area contributed by atoms with E-state index < -0.39 is 14.2 Å². The van der Waals surface area contributed by atoms with Gasteiger partial charge < -0.3 is 0 Å². The van der Waals surface area contributed by atoms with Crippen molar-refractivity contribution >= 4 is 24.2 Å². The van der Waals surface area contributed by atoms with Crippen molar-refractivity contribution in [3.05, 3.63) is 24.3 Å². The first-order valence-electron chi connectivity index (χ1n) is 3.75. The number of anilines is 1. The molecule has 13 heavy (non-hydrogen) atoms. The van der Waals surface area contributed by atoms with E-state index in [9.17, 15) is 3.74 Å². The van der Waals surface area contributed by atoms with Gasteiger partial charge in [0.2, 0.25) is 0 Å². The van der Waals surface area contributed by atoms with Crippen LogP contribution in [0.3, 0.4) is 0 Å². The molecule has 1 aromatic rings. The molecule has 0 radical (unpaired) electrons. The van der Waals surface area contributed by atoms with Crippen LogP contribution in [0.15, 0.2) is 24.3 Å². The molecule has 0 aliphatic carbocycles. The predicted octanol–water partition coefficient (Wildman–Crippen LogP) is -0.686. The first-order valence-corrected chi connectivity index (χ1v) is 7.13. The normalized spacial score (nSPS) is 11.4. The molecule has 2 N–H and O–H groups in total. The molecule has 0 fully saturated rings. The van der Waals surface area contributed by atoms with E-state index in [1.807, 2.05) is 19.0 Å². The van der Waals surface area contributed by atoms with Gasteiger partial charge in [-0.3, -0.25) is 0 Å². The van der Waals surface area contributed by atoms with Crippen LogP contribution >= 0.6 is 0 Å². The molecule has 1 aromatic carbocycles.